The third-order valence-electron chi connectivity index (χ3n) is 3.48. The summed E-state index contributed by atoms with van der Waals surface area (Å²) in [6.07, 6.45) is 12.3. The standard InChI is InChI=1S/C20H21Cl2N3O2/c1-3-19(24-15(2)26)6-4-5-9-27-14-20-23-7-8-25(20)13-16-10-17(21)12-18(22)11-16/h3-12H,13-14H2,1-2H3,(H,24,26)/b6-4-,9-5+,19-3+. The van der Waals surface area contributed by atoms with Crippen molar-refractivity contribution >= 4 is 29.1 Å². The van der Waals surface area contributed by atoms with E-state index in [0.29, 0.717) is 23.2 Å². The monoisotopic (exact) mass is 405 g/mol. The second-order valence-corrected chi connectivity index (χ2v) is 6.55. The second-order valence-electron chi connectivity index (χ2n) is 5.67. The molecule has 1 amide bonds. The zero-order valence-electron chi connectivity index (χ0n) is 15.2. The van der Waals surface area contributed by atoms with Gasteiger partial charge in [-0.15, -0.1) is 0 Å². The average Bonchev–Trinajstić information content (AvgIpc) is 3.02. The summed E-state index contributed by atoms with van der Waals surface area (Å²) in [5, 5.41) is 3.91. The maximum Gasteiger partial charge on any atom is 0.221 e. The lowest BCUT2D eigenvalue weighted by Crippen LogP contribution is -2.17. The maximum absolute atomic E-state index is 11.0. The van der Waals surface area contributed by atoms with Gasteiger partial charge in [-0.2, -0.15) is 0 Å². The molecular weight excluding hydrogens is 385 g/mol. The van der Waals surface area contributed by atoms with Crippen molar-refractivity contribution in [2.24, 2.45) is 0 Å². The van der Waals surface area contributed by atoms with Crippen molar-refractivity contribution in [1.29, 1.82) is 0 Å². The molecule has 0 radical (unpaired) electrons. The Morgan fingerprint density at radius 1 is 1.26 bits per heavy atom. The largest absolute Gasteiger partial charge is 0.493 e. The highest BCUT2D eigenvalue weighted by molar-refractivity contribution is 6.34. The molecule has 0 fully saturated rings. The van der Waals surface area contributed by atoms with E-state index in [1.54, 1.807) is 36.8 Å². The van der Waals surface area contributed by atoms with Gasteiger partial charge in [-0.25, -0.2) is 4.98 Å². The first-order valence-electron chi connectivity index (χ1n) is 8.31. The SMILES string of the molecule is C\C=C(/C=C\C=C\OCc1nccn1Cc1cc(Cl)cc(Cl)c1)NC(C)=O. The van der Waals surface area contributed by atoms with Crippen LogP contribution in [-0.4, -0.2) is 15.5 Å². The minimum atomic E-state index is -0.110. The van der Waals surface area contributed by atoms with Crippen molar-refractivity contribution in [3.8, 4) is 0 Å². The van der Waals surface area contributed by atoms with E-state index in [0.717, 1.165) is 17.1 Å². The number of aromatic nitrogens is 2. The van der Waals surface area contributed by atoms with Gasteiger partial charge in [-0.1, -0.05) is 35.4 Å². The Morgan fingerprint density at radius 3 is 2.67 bits per heavy atom. The Morgan fingerprint density at radius 2 is 2.00 bits per heavy atom. The Kier molecular flexibility index (Phi) is 8.17. The summed E-state index contributed by atoms with van der Waals surface area (Å²) >= 11 is 12.1. The number of halogens is 2. The third kappa shape index (κ3) is 7.33. The molecule has 0 saturated carbocycles. The lowest BCUT2D eigenvalue weighted by Gasteiger charge is -2.08. The molecule has 0 bridgehead atoms. The van der Waals surface area contributed by atoms with Crippen LogP contribution >= 0.6 is 23.2 Å². The number of carbonyl (C=O) groups is 1. The maximum atomic E-state index is 11.0. The molecule has 0 spiro atoms. The number of hydrogen-bond donors (Lipinski definition) is 1. The second kappa shape index (κ2) is 10.6. The highest BCUT2D eigenvalue weighted by Crippen LogP contribution is 2.20. The van der Waals surface area contributed by atoms with Gasteiger partial charge in [0.15, 0.2) is 0 Å². The number of nitrogens with one attached hydrogen (secondary N) is 1. The number of hydrogen-bond acceptors (Lipinski definition) is 3. The zero-order chi connectivity index (χ0) is 19.6. The summed E-state index contributed by atoms with van der Waals surface area (Å²) in [5.74, 6) is 0.674. The van der Waals surface area contributed by atoms with E-state index < -0.39 is 0 Å². The molecule has 0 aliphatic carbocycles. The van der Waals surface area contributed by atoms with Crippen LogP contribution in [0.3, 0.4) is 0 Å². The van der Waals surface area contributed by atoms with Crippen LogP contribution in [0.15, 0.2) is 66.9 Å². The first-order chi connectivity index (χ1) is 13.0. The van der Waals surface area contributed by atoms with Crippen molar-refractivity contribution < 1.29 is 9.53 Å². The van der Waals surface area contributed by atoms with Crippen molar-refractivity contribution in [3.05, 3.63) is 88.3 Å². The summed E-state index contributed by atoms with van der Waals surface area (Å²) < 4.78 is 7.50. The topological polar surface area (TPSA) is 56.1 Å². The molecule has 0 unspecified atom stereocenters. The molecule has 2 aromatic rings. The number of amides is 1. The first kappa shape index (κ1) is 20.8. The van der Waals surface area contributed by atoms with E-state index in [-0.39, 0.29) is 5.91 Å². The van der Waals surface area contributed by atoms with E-state index in [4.69, 9.17) is 27.9 Å². The Hall–Kier alpha value is -2.50. The van der Waals surface area contributed by atoms with E-state index in [1.165, 1.54) is 6.92 Å². The Labute approximate surface area is 169 Å². The fourth-order valence-corrected chi connectivity index (χ4v) is 2.89. The molecule has 2 rings (SSSR count). The highest BCUT2D eigenvalue weighted by Gasteiger charge is 2.05. The number of rotatable bonds is 8. The minimum Gasteiger partial charge on any atom is -0.493 e. The minimum absolute atomic E-state index is 0.110. The smallest absolute Gasteiger partial charge is 0.221 e. The fourth-order valence-electron chi connectivity index (χ4n) is 2.32. The van der Waals surface area contributed by atoms with Crippen LogP contribution in [0.2, 0.25) is 10.0 Å². The quantitative estimate of drug-likeness (QED) is 0.503. The predicted octanol–water partition coefficient (Wildman–Crippen LogP) is 4.86. The van der Waals surface area contributed by atoms with E-state index in [2.05, 4.69) is 10.3 Å². The number of allylic oxidation sites excluding steroid dienone is 4. The van der Waals surface area contributed by atoms with Gasteiger partial charge in [0.05, 0.1) is 6.26 Å². The van der Waals surface area contributed by atoms with Gasteiger partial charge in [0.2, 0.25) is 5.91 Å². The van der Waals surface area contributed by atoms with Gasteiger partial charge >= 0.3 is 0 Å². The molecule has 0 aliphatic rings. The van der Waals surface area contributed by atoms with E-state index in [1.807, 2.05) is 35.9 Å². The molecule has 142 valence electrons. The van der Waals surface area contributed by atoms with Crippen LogP contribution in [0.1, 0.15) is 25.2 Å². The number of carbonyl (C=O) groups excluding carboxylic acids is 1. The van der Waals surface area contributed by atoms with Gasteiger partial charge < -0.3 is 14.6 Å². The lowest BCUT2D eigenvalue weighted by atomic mass is 10.2. The van der Waals surface area contributed by atoms with Crippen molar-refractivity contribution in [1.82, 2.24) is 14.9 Å². The first-order valence-corrected chi connectivity index (χ1v) is 9.07. The van der Waals surface area contributed by atoms with Gasteiger partial charge in [0, 0.05) is 41.6 Å². The molecule has 1 aromatic heterocycles. The molecule has 0 atom stereocenters. The molecule has 0 saturated heterocycles. The van der Waals surface area contributed by atoms with Crippen LogP contribution in [-0.2, 0) is 22.7 Å². The lowest BCUT2D eigenvalue weighted by molar-refractivity contribution is -0.118. The van der Waals surface area contributed by atoms with Crippen molar-refractivity contribution in [2.75, 3.05) is 0 Å². The number of ether oxygens (including phenoxy) is 1. The number of imidazole rings is 1. The van der Waals surface area contributed by atoms with E-state index in [9.17, 15) is 4.79 Å². The number of benzene rings is 1. The summed E-state index contributed by atoms with van der Waals surface area (Å²) in [6.45, 7) is 4.25. The van der Waals surface area contributed by atoms with Gasteiger partial charge in [0.25, 0.3) is 0 Å². The van der Waals surface area contributed by atoms with E-state index >= 15 is 0 Å². The van der Waals surface area contributed by atoms with Crippen molar-refractivity contribution in [2.45, 2.75) is 27.0 Å². The summed E-state index contributed by atoms with van der Waals surface area (Å²) in [4.78, 5) is 15.3. The molecule has 0 aliphatic heterocycles. The summed E-state index contributed by atoms with van der Waals surface area (Å²) in [5.41, 5.74) is 1.71. The molecular formula is C20H21Cl2N3O2. The molecule has 27 heavy (non-hydrogen) atoms. The van der Waals surface area contributed by atoms with Crippen LogP contribution in [0.5, 0.6) is 0 Å². The normalized spacial score (nSPS) is 12.1. The molecule has 5 nitrogen and oxygen atoms in total. The molecule has 1 N–H and O–H groups in total. The molecule has 1 heterocycles. The average molecular weight is 406 g/mol. The van der Waals surface area contributed by atoms with Crippen LogP contribution in [0.4, 0.5) is 0 Å². The van der Waals surface area contributed by atoms with Crippen molar-refractivity contribution in [3.63, 3.8) is 0 Å². The number of nitrogens with zero attached hydrogens (tertiary/aromatic N) is 2. The molecule has 1 aromatic carbocycles. The van der Waals surface area contributed by atoms with Crippen LogP contribution in [0, 0.1) is 0 Å². The zero-order valence-corrected chi connectivity index (χ0v) is 16.7. The highest BCUT2D eigenvalue weighted by atomic mass is 35.5. The summed E-state index contributed by atoms with van der Waals surface area (Å²) in [7, 11) is 0. The fraction of sp³-hybridized carbons (Fsp3) is 0.200. The molecule has 7 heteroatoms. The Bertz CT molecular complexity index is 850. The van der Waals surface area contributed by atoms with Crippen LogP contribution < -0.4 is 5.32 Å². The van der Waals surface area contributed by atoms with Gasteiger partial charge in [-0.05, 0) is 42.8 Å². The van der Waals surface area contributed by atoms with Crippen LogP contribution in [0.25, 0.3) is 0 Å². The third-order valence-corrected chi connectivity index (χ3v) is 3.92. The van der Waals surface area contributed by atoms with Gasteiger partial charge in [-0.3, -0.25) is 4.79 Å². The predicted molar refractivity (Wildman–Crippen MR) is 108 cm³/mol. The van der Waals surface area contributed by atoms with Gasteiger partial charge in [0.1, 0.15) is 12.4 Å². The Balaban J connectivity index is 1.88. The summed E-state index contributed by atoms with van der Waals surface area (Å²) in [6, 6.07) is 5.45.